The van der Waals surface area contributed by atoms with E-state index in [1.807, 2.05) is 18.3 Å². The number of pyridine rings is 2. The fourth-order valence-electron chi connectivity index (χ4n) is 3.12. The van der Waals surface area contributed by atoms with Crippen LogP contribution in [0.1, 0.15) is 0 Å². The average molecular weight is 521 g/mol. The van der Waals surface area contributed by atoms with Gasteiger partial charge in [-0.3, -0.25) is 9.97 Å². The second kappa shape index (κ2) is 12.4. The summed E-state index contributed by atoms with van der Waals surface area (Å²) in [5.41, 5.74) is 1.35. The van der Waals surface area contributed by atoms with Gasteiger partial charge in [-0.15, -0.1) is 0 Å². The molecule has 34 heavy (non-hydrogen) atoms. The third kappa shape index (κ3) is 9.99. The van der Waals surface area contributed by atoms with E-state index in [1.54, 1.807) is 6.20 Å². The van der Waals surface area contributed by atoms with Crippen molar-refractivity contribution in [2.75, 3.05) is 26.8 Å². The van der Waals surface area contributed by atoms with Gasteiger partial charge in [0.1, 0.15) is 17.1 Å². The second-order valence-corrected chi connectivity index (χ2v) is 28.4. The molecule has 0 aromatic carbocycles. The molecule has 0 saturated heterocycles. The molecule has 0 N–H and O–H groups in total. The van der Waals surface area contributed by atoms with E-state index in [0.29, 0.717) is 30.4 Å². The molecule has 0 aliphatic carbocycles. The maximum absolute atomic E-state index is 6.24. The topological polar surface area (TPSA) is 62.7 Å². The van der Waals surface area contributed by atoms with E-state index in [1.165, 1.54) is 5.19 Å². The van der Waals surface area contributed by atoms with E-state index >= 15 is 0 Å². The molecule has 0 atom stereocenters. The van der Waals surface area contributed by atoms with Gasteiger partial charge in [0.25, 0.3) is 0 Å². The van der Waals surface area contributed by atoms with Crippen LogP contribution in [0.15, 0.2) is 30.6 Å². The SMILES string of the molecule is C[Si](C)(C)CCOCOc1cccnc1-c1nccc([Si](C)(C)C)c1OCOCC[Si](C)(C)C. The molecule has 0 radical (unpaired) electrons. The van der Waals surface area contributed by atoms with Crippen molar-refractivity contribution in [2.45, 2.75) is 71.0 Å². The van der Waals surface area contributed by atoms with Gasteiger partial charge in [-0.25, -0.2) is 0 Å². The molecule has 0 saturated carbocycles. The molecule has 0 aliphatic rings. The van der Waals surface area contributed by atoms with Crippen molar-refractivity contribution in [2.24, 2.45) is 0 Å². The molecule has 190 valence electrons. The fourth-order valence-corrected chi connectivity index (χ4v) is 6.08. The Kier molecular flexibility index (Phi) is 10.5. The van der Waals surface area contributed by atoms with Crippen LogP contribution in [0.25, 0.3) is 11.4 Å². The predicted molar refractivity (Wildman–Crippen MR) is 150 cm³/mol. The van der Waals surface area contributed by atoms with Crippen molar-refractivity contribution < 1.29 is 18.9 Å². The zero-order valence-corrected chi connectivity index (χ0v) is 25.7. The Balaban J connectivity index is 2.22. The molecule has 2 rings (SSSR count). The van der Waals surface area contributed by atoms with Crippen LogP contribution in [-0.2, 0) is 9.47 Å². The zero-order valence-electron chi connectivity index (χ0n) is 22.7. The van der Waals surface area contributed by atoms with Gasteiger partial charge in [0.15, 0.2) is 19.3 Å². The Bertz CT molecular complexity index is 906. The van der Waals surface area contributed by atoms with Gasteiger partial charge in [0, 0.05) is 41.8 Å². The molecule has 0 aliphatic heterocycles. The van der Waals surface area contributed by atoms with Crippen molar-refractivity contribution in [3.05, 3.63) is 30.6 Å². The largest absolute Gasteiger partial charge is 0.465 e. The van der Waals surface area contributed by atoms with Crippen LogP contribution in [0.5, 0.6) is 11.5 Å². The highest BCUT2D eigenvalue weighted by Gasteiger charge is 2.26. The van der Waals surface area contributed by atoms with Crippen LogP contribution in [0.3, 0.4) is 0 Å². The molecule has 9 heteroatoms. The Hall–Kier alpha value is -1.53. The number of hydrogen-bond donors (Lipinski definition) is 0. The first kappa shape index (κ1) is 28.7. The van der Waals surface area contributed by atoms with Crippen LogP contribution in [0.4, 0.5) is 0 Å². The summed E-state index contributed by atoms with van der Waals surface area (Å²) in [6.07, 6.45) is 3.59. The highest BCUT2D eigenvalue weighted by Crippen LogP contribution is 2.33. The first-order chi connectivity index (χ1) is 15.8. The predicted octanol–water partition coefficient (Wildman–Crippen LogP) is 6.07. The summed E-state index contributed by atoms with van der Waals surface area (Å²) in [6, 6.07) is 8.04. The third-order valence-electron chi connectivity index (χ3n) is 5.28. The highest BCUT2D eigenvalue weighted by atomic mass is 28.3. The lowest BCUT2D eigenvalue weighted by Gasteiger charge is -2.23. The molecule has 2 aromatic rings. The molecular formula is C25H44N2O4Si3. The van der Waals surface area contributed by atoms with Crippen LogP contribution in [0, 0.1) is 0 Å². The smallest absolute Gasteiger partial charge is 0.189 e. The molecule has 0 unspecified atom stereocenters. The number of hydrogen-bond acceptors (Lipinski definition) is 6. The molecule has 0 bridgehead atoms. The molecule has 0 fully saturated rings. The molecule has 0 amide bonds. The molecular weight excluding hydrogens is 477 g/mol. The standard InChI is InChI=1S/C25H44N2O4Si3/c1-32(2,3)17-15-28-19-30-21-11-10-13-26-23(21)24-25(22(12-14-27-24)34(7,8)9)31-20-29-16-18-33(4,5)6/h10-14H,15-20H2,1-9H3. The Morgan fingerprint density at radius 1 is 0.676 bits per heavy atom. The summed E-state index contributed by atoms with van der Waals surface area (Å²) in [4.78, 5) is 9.28. The summed E-state index contributed by atoms with van der Waals surface area (Å²) < 4.78 is 23.8. The second-order valence-electron chi connectivity index (χ2n) is 12.1. The normalized spacial score (nSPS) is 12.6. The van der Waals surface area contributed by atoms with Crippen LogP contribution >= 0.6 is 0 Å². The van der Waals surface area contributed by atoms with Crippen LogP contribution in [-0.4, -0.2) is 61.0 Å². The van der Waals surface area contributed by atoms with E-state index in [0.717, 1.165) is 17.8 Å². The number of rotatable bonds is 14. The van der Waals surface area contributed by atoms with E-state index in [4.69, 9.17) is 18.9 Å². The summed E-state index contributed by atoms with van der Waals surface area (Å²) in [5.74, 6) is 1.39. The average Bonchev–Trinajstić information content (AvgIpc) is 2.71. The van der Waals surface area contributed by atoms with E-state index < -0.39 is 24.2 Å². The highest BCUT2D eigenvalue weighted by molar-refractivity contribution is 6.89. The minimum absolute atomic E-state index is 0.187. The van der Waals surface area contributed by atoms with E-state index in [2.05, 4.69) is 75.0 Å². The molecule has 6 nitrogen and oxygen atoms in total. The summed E-state index contributed by atoms with van der Waals surface area (Å²) >= 11 is 0. The quantitative estimate of drug-likeness (QED) is 0.171. The lowest BCUT2D eigenvalue weighted by molar-refractivity contribution is 0.0210. The minimum Gasteiger partial charge on any atom is -0.465 e. The van der Waals surface area contributed by atoms with Crippen molar-refractivity contribution in [1.29, 1.82) is 0 Å². The lowest BCUT2D eigenvalue weighted by Crippen LogP contribution is -2.39. The van der Waals surface area contributed by atoms with Gasteiger partial charge in [0.2, 0.25) is 0 Å². The van der Waals surface area contributed by atoms with Crippen molar-refractivity contribution >= 4 is 29.4 Å². The van der Waals surface area contributed by atoms with Crippen LogP contribution < -0.4 is 14.7 Å². The first-order valence-electron chi connectivity index (χ1n) is 12.1. The van der Waals surface area contributed by atoms with Crippen molar-refractivity contribution in [3.8, 4) is 22.9 Å². The number of aromatic nitrogens is 2. The summed E-state index contributed by atoms with van der Waals surface area (Å²) in [6.45, 7) is 22.7. The van der Waals surface area contributed by atoms with Gasteiger partial charge in [-0.2, -0.15) is 0 Å². The zero-order chi connectivity index (χ0) is 25.4. The maximum Gasteiger partial charge on any atom is 0.189 e. The third-order valence-corrected chi connectivity index (χ3v) is 10.7. The number of ether oxygens (including phenoxy) is 4. The Labute approximate surface area is 209 Å². The van der Waals surface area contributed by atoms with Gasteiger partial charge in [0.05, 0.1) is 8.07 Å². The van der Waals surface area contributed by atoms with Crippen molar-refractivity contribution in [3.63, 3.8) is 0 Å². The van der Waals surface area contributed by atoms with E-state index in [-0.39, 0.29) is 13.6 Å². The fraction of sp³-hybridized carbons (Fsp3) is 0.600. The summed E-state index contributed by atoms with van der Waals surface area (Å²) in [5, 5.41) is 1.19. The van der Waals surface area contributed by atoms with Gasteiger partial charge < -0.3 is 18.9 Å². The van der Waals surface area contributed by atoms with E-state index in [9.17, 15) is 0 Å². The monoisotopic (exact) mass is 520 g/mol. The lowest BCUT2D eigenvalue weighted by atomic mass is 10.2. The Morgan fingerprint density at radius 3 is 1.79 bits per heavy atom. The Morgan fingerprint density at radius 2 is 1.24 bits per heavy atom. The molecule has 0 spiro atoms. The van der Waals surface area contributed by atoms with Crippen LogP contribution in [0.2, 0.25) is 71.0 Å². The summed E-state index contributed by atoms with van der Waals surface area (Å²) in [7, 11) is -4.00. The van der Waals surface area contributed by atoms with Gasteiger partial charge >= 0.3 is 0 Å². The van der Waals surface area contributed by atoms with Gasteiger partial charge in [-0.1, -0.05) is 58.9 Å². The number of nitrogens with zero attached hydrogens (tertiary/aromatic N) is 2. The minimum atomic E-state index is -1.72. The molecule has 2 aromatic heterocycles. The van der Waals surface area contributed by atoms with Gasteiger partial charge in [-0.05, 0) is 35.5 Å². The maximum atomic E-state index is 6.24. The van der Waals surface area contributed by atoms with Crippen molar-refractivity contribution in [1.82, 2.24) is 9.97 Å². The first-order valence-corrected chi connectivity index (χ1v) is 23.1. The molecule has 2 heterocycles.